The molecular weight excluding hydrogens is 485 g/mol. The van der Waals surface area contributed by atoms with Crippen LogP contribution < -0.4 is 20.3 Å². The number of ether oxygens (including phenoxy) is 1. The molecule has 3 aromatic rings. The van der Waals surface area contributed by atoms with Crippen molar-refractivity contribution in [2.45, 2.75) is 18.8 Å². The van der Waals surface area contributed by atoms with Gasteiger partial charge in [-0.2, -0.15) is 4.98 Å². The van der Waals surface area contributed by atoms with Gasteiger partial charge in [0.25, 0.3) is 5.91 Å². The maximum atomic E-state index is 13.0. The maximum absolute atomic E-state index is 13.0. The number of anilines is 3. The SMILES string of the molecule is Cl.O=C1c2cnc(Nc3ccc(C4CCNCC4)cc3)nc2OCN1c1c(Cl)cccc1Cl. The van der Waals surface area contributed by atoms with Crippen molar-refractivity contribution >= 4 is 58.8 Å². The van der Waals surface area contributed by atoms with Crippen LogP contribution in [0.4, 0.5) is 17.3 Å². The standard InChI is InChI=1S/C23H21Cl2N5O2.ClH/c24-18-2-1-3-19(25)20(18)30-13-32-21-17(22(30)31)12-27-23(29-21)28-16-6-4-14(5-7-16)15-8-10-26-11-9-15;/h1-7,12,15,26H,8-11,13H2,(H,27,28,29);1H. The Labute approximate surface area is 207 Å². The van der Waals surface area contributed by atoms with Crippen LogP contribution >= 0.6 is 35.6 Å². The molecule has 2 N–H and O–H groups in total. The molecule has 33 heavy (non-hydrogen) atoms. The van der Waals surface area contributed by atoms with Crippen LogP contribution in [0, 0.1) is 0 Å². The summed E-state index contributed by atoms with van der Waals surface area (Å²) in [6, 6.07) is 13.4. The van der Waals surface area contributed by atoms with Gasteiger partial charge < -0.3 is 15.4 Å². The highest BCUT2D eigenvalue weighted by Gasteiger charge is 2.31. The first-order chi connectivity index (χ1) is 15.6. The molecule has 0 atom stereocenters. The minimum Gasteiger partial charge on any atom is -0.455 e. The van der Waals surface area contributed by atoms with Gasteiger partial charge in [0.2, 0.25) is 11.8 Å². The molecule has 0 spiro atoms. The summed E-state index contributed by atoms with van der Waals surface area (Å²) >= 11 is 12.5. The van der Waals surface area contributed by atoms with E-state index >= 15 is 0 Å². The van der Waals surface area contributed by atoms with E-state index in [-0.39, 0.29) is 36.5 Å². The second-order valence-corrected chi connectivity index (χ2v) is 8.58. The molecule has 1 aromatic heterocycles. The normalized spacial score (nSPS) is 15.9. The number of para-hydroxylation sites is 1. The highest BCUT2D eigenvalue weighted by atomic mass is 35.5. The molecule has 0 bridgehead atoms. The Bertz CT molecular complexity index is 1130. The smallest absolute Gasteiger partial charge is 0.268 e. The average Bonchev–Trinajstić information content (AvgIpc) is 2.81. The average molecular weight is 507 g/mol. The summed E-state index contributed by atoms with van der Waals surface area (Å²) in [6.45, 7) is 2.08. The number of halogens is 3. The third kappa shape index (κ3) is 4.87. The van der Waals surface area contributed by atoms with E-state index in [1.54, 1.807) is 18.2 Å². The molecule has 2 aliphatic rings. The molecule has 172 valence electrons. The summed E-state index contributed by atoms with van der Waals surface area (Å²) < 4.78 is 5.74. The number of hydrogen-bond donors (Lipinski definition) is 2. The zero-order chi connectivity index (χ0) is 22.1. The van der Waals surface area contributed by atoms with Crippen molar-refractivity contribution < 1.29 is 9.53 Å². The van der Waals surface area contributed by atoms with Crippen molar-refractivity contribution in [3.05, 3.63) is 69.8 Å². The van der Waals surface area contributed by atoms with Gasteiger partial charge in [0, 0.05) is 11.9 Å². The summed E-state index contributed by atoms with van der Waals surface area (Å²) in [4.78, 5) is 23.1. The Morgan fingerprint density at radius 1 is 1.06 bits per heavy atom. The number of rotatable bonds is 4. The fraction of sp³-hybridized carbons (Fsp3) is 0.261. The Hall–Kier alpha value is -2.58. The molecule has 1 amide bonds. The van der Waals surface area contributed by atoms with Gasteiger partial charge in [0.05, 0.1) is 15.7 Å². The van der Waals surface area contributed by atoms with Crippen LogP contribution in [0.2, 0.25) is 10.0 Å². The third-order valence-electron chi connectivity index (χ3n) is 5.74. The van der Waals surface area contributed by atoms with E-state index < -0.39 is 0 Å². The van der Waals surface area contributed by atoms with Crippen molar-refractivity contribution in [2.24, 2.45) is 0 Å². The van der Waals surface area contributed by atoms with Crippen molar-refractivity contribution in [3.8, 4) is 5.88 Å². The van der Waals surface area contributed by atoms with E-state index in [4.69, 9.17) is 27.9 Å². The van der Waals surface area contributed by atoms with Crippen molar-refractivity contribution in [2.75, 3.05) is 30.0 Å². The number of carbonyl (C=O) groups is 1. The molecule has 3 heterocycles. The Balaban J connectivity index is 0.00000259. The van der Waals surface area contributed by atoms with Crippen LogP contribution in [-0.4, -0.2) is 35.7 Å². The fourth-order valence-corrected chi connectivity index (χ4v) is 4.65. The highest BCUT2D eigenvalue weighted by Crippen LogP contribution is 2.37. The summed E-state index contributed by atoms with van der Waals surface area (Å²) in [5.41, 5.74) is 2.87. The van der Waals surface area contributed by atoms with Gasteiger partial charge in [-0.15, -0.1) is 12.4 Å². The van der Waals surface area contributed by atoms with Gasteiger partial charge in [-0.05, 0) is 61.7 Å². The minimum atomic E-state index is -0.320. The first kappa shape index (κ1) is 23.6. The zero-order valence-corrected chi connectivity index (χ0v) is 19.9. The number of fused-ring (bicyclic) bond motifs is 1. The number of nitrogens with zero attached hydrogens (tertiary/aromatic N) is 3. The lowest BCUT2D eigenvalue weighted by atomic mass is 9.90. The van der Waals surface area contributed by atoms with E-state index in [2.05, 4.69) is 32.7 Å². The van der Waals surface area contributed by atoms with E-state index in [1.807, 2.05) is 12.1 Å². The molecule has 1 saturated heterocycles. The van der Waals surface area contributed by atoms with Crippen LogP contribution in [0.5, 0.6) is 5.88 Å². The predicted molar refractivity (Wildman–Crippen MR) is 133 cm³/mol. The van der Waals surface area contributed by atoms with Crippen LogP contribution in [0.25, 0.3) is 0 Å². The van der Waals surface area contributed by atoms with Gasteiger partial charge in [0.15, 0.2) is 6.73 Å². The van der Waals surface area contributed by atoms with Gasteiger partial charge in [0.1, 0.15) is 5.56 Å². The Kier molecular flexibility index (Phi) is 7.24. The molecule has 0 unspecified atom stereocenters. The van der Waals surface area contributed by atoms with Crippen molar-refractivity contribution in [1.29, 1.82) is 0 Å². The van der Waals surface area contributed by atoms with E-state index in [1.165, 1.54) is 16.7 Å². The maximum Gasteiger partial charge on any atom is 0.268 e. The first-order valence-electron chi connectivity index (χ1n) is 10.4. The largest absolute Gasteiger partial charge is 0.455 e. The Morgan fingerprint density at radius 3 is 2.45 bits per heavy atom. The van der Waals surface area contributed by atoms with Crippen LogP contribution in [0.15, 0.2) is 48.7 Å². The molecule has 7 nitrogen and oxygen atoms in total. The van der Waals surface area contributed by atoms with Crippen LogP contribution in [0.3, 0.4) is 0 Å². The molecule has 2 aromatic carbocycles. The van der Waals surface area contributed by atoms with Crippen molar-refractivity contribution in [1.82, 2.24) is 15.3 Å². The number of hydrogen-bond acceptors (Lipinski definition) is 6. The lowest BCUT2D eigenvalue weighted by molar-refractivity contribution is 0.0932. The number of piperidine rings is 1. The second kappa shape index (κ2) is 10.1. The summed E-state index contributed by atoms with van der Waals surface area (Å²) in [7, 11) is 0. The van der Waals surface area contributed by atoms with Gasteiger partial charge >= 0.3 is 0 Å². The van der Waals surface area contributed by atoms with Gasteiger partial charge in [-0.3, -0.25) is 9.69 Å². The molecule has 10 heteroatoms. The molecular formula is C23H22Cl3N5O2. The highest BCUT2D eigenvalue weighted by molar-refractivity contribution is 6.40. The summed E-state index contributed by atoms with van der Waals surface area (Å²) in [5.74, 6) is 0.854. The first-order valence-corrected chi connectivity index (χ1v) is 11.2. The molecule has 0 aliphatic carbocycles. The molecule has 2 aliphatic heterocycles. The number of nitrogens with one attached hydrogen (secondary N) is 2. The van der Waals surface area contributed by atoms with Gasteiger partial charge in [-0.25, -0.2) is 4.98 Å². The molecule has 5 rings (SSSR count). The molecule has 1 fully saturated rings. The van der Waals surface area contributed by atoms with E-state index in [0.29, 0.717) is 27.6 Å². The van der Waals surface area contributed by atoms with Crippen molar-refractivity contribution in [3.63, 3.8) is 0 Å². The predicted octanol–water partition coefficient (Wildman–Crippen LogP) is 5.41. The van der Waals surface area contributed by atoms with Gasteiger partial charge in [-0.1, -0.05) is 41.4 Å². The number of carbonyl (C=O) groups excluding carboxylic acids is 1. The molecule has 0 radical (unpaired) electrons. The number of aromatic nitrogens is 2. The summed E-state index contributed by atoms with van der Waals surface area (Å²) in [6.07, 6.45) is 3.76. The minimum absolute atomic E-state index is 0. The fourth-order valence-electron chi connectivity index (χ4n) is 4.05. The third-order valence-corrected chi connectivity index (χ3v) is 6.35. The Morgan fingerprint density at radius 2 is 1.76 bits per heavy atom. The topological polar surface area (TPSA) is 79.4 Å². The summed E-state index contributed by atoms with van der Waals surface area (Å²) in [5, 5.41) is 7.30. The lowest BCUT2D eigenvalue weighted by Crippen LogP contribution is -2.39. The molecule has 0 saturated carbocycles. The van der Waals surface area contributed by atoms with E-state index in [9.17, 15) is 4.79 Å². The lowest BCUT2D eigenvalue weighted by Gasteiger charge is -2.29. The second-order valence-electron chi connectivity index (χ2n) is 7.76. The van der Waals surface area contributed by atoms with E-state index in [0.717, 1.165) is 31.6 Å². The quantitative estimate of drug-likeness (QED) is 0.492. The number of amides is 1. The van der Waals surface area contributed by atoms with Crippen LogP contribution in [-0.2, 0) is 0 Å². The van der Waals surface area contributed by atoms with Crippen LogP contribution in [0.1, 0.15) is 34.7 Å². The zero-order valence-electron chi connectivity index (χ0n) is 17.6. The monoisotopic (exact) mass is 505 g/mol. The number of benzene rings is 2.